The summed E-state index contributed by atoms with van der Waals surface area (Å²) in [6.07, 6.45) is 1.84. The largest absolute Gasteiger partial charge is 0.463 e. The van der Waals surface area contributed by atoms with Gasteiger partial charge in [0.1, 0.15) is 5.92 Å². The van der Waals surface area contributed by atoms with Crippen LogP contribution in [0.5, 0.6) is 0 Å². The van der Waals surface area contributed by atoms with E-state index in [1.165, 1.54) is 6.20 Å². The molecule has 0 bridgehead atoms. The first-order chi connectivity index (χ1) is 6.69. The van der Waals surface area contributed by atoms with Crippen LogP contribution in [-0.4, -0.2) is 17.6 Å². The predicted octanol–water partition coefficient (Wildman–Crippen LogP) is 0.894. The first kappa shape index (κ1) is 10.7. The van der Waals surface area contributed by atoms with Gasteiger partial charge in [-0.2, -0.15) is 5.26 Å². The number of carbonyl (C=O) groups excluding carboxylic acids is 1. The van der Waals surface area contributed by atoms with Crippen LogP contribution >= 0.6 is 12.2 Å². The molecule has 1 heterocycles. The monoisotopic (exact) mass is 210 g/mol. The number of hydrogen-bond acceptors (Lipinski definition) is 4. The van der Waals surface area contributed by atoms with Crippen LogP contribution in [0.4, 0.5) is 0 Å². The third-order valence-electron chi connectivity index (χ3n) is 1.82. The number of thiocarbonyl (C=S) groups is 1. The molecule has 74 valence electrons. The number of esters is 1. The van der Waals surface area contributed by atoms with Gasteiger partial charge in [0.05, 0.1) is 23.2 Å². The molecule has 0 aromatic heterocycles. The van der Waals surface area contributed by atoms with E-state index in [2.05, 4.69) is 5.32 Å². The van der Waals surface area contributed by atoms with Crippen molar-refractivity contribution in [2.45, 2.75) is 13.3 Å². The van der Waals surface area contributed by atoms with Crippen molar-refractivity contribution in [2.75, 3.05) is 6.61 Å². The molecule has 0 amide bonds. The minimum Gasteiger partial charge on any atom is -0.463 e. The zero-order valence-electron chi connectivity index (χ0n) is 7.74. The number of rotatable bonds is 2. The quantitative estimate of drug-likeness (QED) is 0.542. The zero-order chi connectivity index (χ0) is 10.6. The molecule has 0 aliphatic carbocycles. The van der Waals surface area contributed by atoms with Crippen LogP contribution in [-0.2, 0) is 9.53 Å². The topological polar surface area (TPSA) is 62.1 Å². The van der Waals surface area contributed by atoms with E-state index in [-0.39, 0.29) is 5.97 Å². The molecular formula is C9H10N2O2S. The van der Waals surface area contributed by atoms with Gasteiger partial charge in [0.15, 0.2) is 0 Å². The SMILES string of the molecule is CCOC(=O)C1=CNC(=S)C(C#N)C1. The van der Waals surface area contributed by atoms with Gasteiger partial charge in [-0.1, -0.05) is 12.2 Å². The fraction of sp³-hybridized carbons (Fsp3) is 0.444. The Bertz CT molecular complexity index is 330. The van der Waals surface area contributed by atoms with Crippen LogP contribution in [0.2, 0.25) is 0 Å². The van der Waals surface area contributed by atoms with Gasteiger partial charge in [0.2, 0.25) is 0 Å². The fourth-order valence-electron chi connectivity index (χ4n) is 1.10. The van der Waals surface area contributed by atoms with Gasteiger partial charge in [-0.15, -0.1) is 0 Å². The van der Waals surface area contributed by atoms with Crippen LogP contribution in [0.1, 0.15) is 13.3 Å². The van der Waals surface area contributed by atoms with Crippen molar-refractivity contribution in [3.63, 3.8) is 0 Å². The summed E-state index contributed by atoms with van der Waals surface area (Å²) >= 11 is 4.90. The minimum atomic E-state index is -0.422. The predicted molar refractivity (Wildman–Crippen MR) is 54.2 cm³/mol. The Kier molecular flexibility index (Phi) is 3.60. The molecule has 0 fully saturated rings. The van der Waals surface area contributed by atoms with Crippen LogP contribution in [0.3, 0.4) is 0 Å². The lowest BCUT2D eigenvalue weighted by Gasteiger charge is -2.18. The Labute approximate surface area is 87.5 Å². The maximum absolute atomic E-state index is 11.3. The van der Waals surface area contributed by atoms with Gasteiger partial charge in [0, 0.05) is 12.6 Å². The van der Waals surface area contributed by atoms with Gasteiger partial charge in [0.25, 0.3) is 0 Å². The average molecular weight is 210 g/mol. The average Bonchev–Trinajstić information content (AvgIpc) is 2.19. The summed E-state index contributed by atoms with van der Waals surface area (Å²) in [5, 5.41) is 11.5. The molecular weight excluding hydrogens is 200 g/mol. The van der Waals surface area contributed by atoms with E-state index in [0.29, 0.717) is 23.6 Å². The Balaban J connectivity index is 2.70. The van der Waals surface area contributed by atoms with Crippen molar-refractivity contribution in [1.82, 2.24) is 5.32 Å². The van der Waals surface area contributed by atoms with E-state index in [9.17, 15) is 4.79 Å². The highest BCUT2D eigenvalue weighted by Crippen LogP contribution is 2.17. The first-order valence-corrected chi connectivity index (χ1v) is 4.66. The molecule has 0 aromatic rings. The second-order valence-corrected chi connectivity index (χ2v) is 3.22. The van der Waals surface area contributed by atoms with E-state index in [1.807, 2.05) is 6.07 Å². The molecule has 0 saturated heterocycles. The van der Waals surface area contributed by atoms with Gasteiger partial charge in [-0.25, -0.2) is 4.79 Å². The summed E-state index contributed by atoms with van der Waals surface area (Å²) < 4.78 is 4.81. The summed E-state index contributed by atoms with van der Waals surface area (Å²) in [4.78, 5) is 11.7. The van der Waals surface area contributed by atoms with Gasteiger partial charge in [-0.3, -0.25) is 0 Å². The van der Waals surface area contributed by atoms with Crippen molar-refractivity contribution in [3.05, 3.63) is 11.8 Å². The van der Waals surface area contributed by atoms with Gasteiger partial charge < -0.3 is 10.1 Å². The molecule has 0 aromatic carbocycles. The first-order valence-electron chi connectivity index (χ1n) is 4.25. The molecule has 1 atom stereocenters. The Morgan fingerprint density at radius 3 is 3.21 bits per heavy atom. The molecule has 0 radical (unpaired) electrons. The van der Waals surface area contributed by atoms with Crippen LogP contribution in [0.25, 0.3) is 0 Å². The van der Waals surface area contributed by atoms with E-state index in [4.69, 9.17) is 22.2 Å². The van der Waals surface area contributed by atoms with Crippen molar-refractivity contribution < 1.29 is 9.53 Å². The second-order valence-electron chi connectivity index (χ2n) is 2.78. The lowest BCUT2D eigenvalue weighted by molar-refractivity contribution is -0.138. The molecule has 0 saturated carbocycles. The number of nitrogens with one attached hydrogen (secondary N) is 1. The summed E-state index contributed by atoms with van der Waals surface area (Å²) in [6.45, 7) is 2.07. The second kappa shape index (κ2) is 4.72. The maximum Gasteiger partial charge on any atom is 0.335 e. The number of nitriles is 1. The lowest BCUT2D eigenvalue weighted by atomic mass is 9.98. The molecule has 0 spiro atoms. The van der Waals surface area contributed by atoms with Crippen molar-refractivity contribution in [1.29, 1.82) is 5.26 Å². The van der Waals surface area contributed by atoms with Crippen molar-refractivity contribution in [3.8, 4) is 6.07 Å². The summed E-state index contributed by atoms with van der Waals surface area (Å²) in [7, 11) is 0. The van der Waals surface area contributed by atoms with Crippen LogP contribution in [0.15, 0.2) is 11.8 Å². The Morgan fingerprint density at radius 1 is 1.93 bits per heavy atom. The van der Waals surface area contributed by atoms with E-state index in [1.54, 1.807) is 6.92 Å². The van der Waals surface area contributed by atoms with Crippen LogP contribution < -0.4 is 5.32 Å². The zero-order valence-corrected chi connectivity index (χ0v) is 8.56. The number of hydrogen-bond donors (Lipinski definition) is 1. The van der Waals surface area contributed by atoms with E-state index < -0.39 is 5.92 Å². The highest BCUT2D eigenvalue weighted by Gasteiger charge is 2.24. The molecule has 1 unspecified atom stereocenters. The Hall–Kier alpha value is -1.41. The van der Waals surface area contributed by atoms with E-state index >= 15 is 0 Å². The highest BCUT2D eigenvalue weighted by molar-refractivity contribution is 7.80. The van der Waals surface area contributed by atoms with Gasteiger partial charge >= 0.3 is 5.97 Å². The molecule has 1 aliphatic rings. The van der Waals surface area contributed by atoms with Crippen molar-refractivity contribution >= 4 is 23.2 Å². The third kappa shape index (κ3) is 2.30. The fourth-order valence-corrected chi connectivity index (χ4v) is 1.30. The number of carbonyl (C=O) groups is 1. The smallest absolute Gasteiger partial charge is 0.335 e. The molecule has 4 nitrogen and oxygen atoms in total. The third-order valence-corrected chi connectivity index (χ3v) is 2.23. The lowest BCUT2D eigenvalue weighted by Crippen LogP contribution is -2.31. The standard InChI is InChI=1S/C9H10N2O2S/c1-2-13-9(12)7-3-6(4-10)8(14)11-5-7/h5-6H,2-3H2,1H3,(H,11,14). The maximum atomic E-state index is 11.3. The van der Waals surface area contributed by atoms with Crippen LogP contribution in [0, 0.1) is 17.2 Å². The number of nitrogens with zero attached hydrogens (tertiary/aromatic N) is 1. The molecule has 1 aliphatic heterocycles. The summed E-state index contributed by atoms with van der Waals surface area (Å²) in [6, 6.07) is 2.03. The van der Waals surface area contributed by atoms with Gasteiger partial charge in [-0.05, 0) is 6.92 Å². The Morgan fingerprint density at radius 2 is 2.64 bits per heavy atom. The summed E-state index contributed by atoms with van der Waals surface area (Å²) in [5.41, 5.74) is 0.465. The minimum absolute atomic E-state index is 0.331. The normalized spacial score (nSPS) is 20.4. The summed E-state index contributed by atoms with van der Waals surface area (Å²) in [5.74, 6) is -0.808. The molecule has 1 rings (SSSR count). The molecule has 5 heteroatoms. The highest BCUT2D eigenvalue weighted by atomic mass is 32.1. The molecule has 1 N–H and O–H groups in total. The van der Waals surface area contributed by atoms with Crippen molar-refractivity contribution in [2.24, 2.45) is 5.92 Å². The van der Waals surface area contributed by atoms with E-state index in [0.717, 1.165) is 0 Å². The molecule has 14 heavy (non-hydrogen) atoms. The number of ether oxygens (including phenoxy) is 1.